The Morgan fingerprint density at radius 2 is 1.75 bits per heavy atom. The Bertz CT molecular complexity index is 841. The highest BCUT2D eigenvalue weighted by Crippen LogP contribution is 2.47. The van der Waals surface area contributed by atoms with Gasteiger partial charge >= 0.3 is 6.09 Å². The van der Waals surface area contributed by atoms with E-state index in [4.69, 9.17) is 9.47 Å². The van der Waals surface area contributed by atoms with Gasteiger partial charge in [-0.1, -0.05) is 29.8 Å². The van der Waals surface area contributed by atoms with Crippen molar-refractivity contribution in [2.75, 3.05) is 4.90 Å². The Morgan fingerprint density at radius 1 is 1.00 bits per heavy atom. The summed E-state index contributed by atoms with van der Waals surface area (Å²) in [5, 5.41) is 0. The van der Waals surface area contributed by atoms with Gasteiger partial charge in [0.2, 0.25) is 0 Å². The Balaban J connectivity index is 1.88. The van der Waals surface area contributed by atoms with E-state index in [1.807, 2.05) is 75.4 Å². The van der Waals surface area contributed by atoms with E-state index < -0.39 is 17.4 Å². The standard InChI is InChI=1S/C20H19NO3/c1-14-9-10-17-15(13-14)11-12-20(23-17)19(2,3)24-18(22)21(20)16-7-5-4-6-8-16/h4-13H,1-3H3/t20-/m1/s1. The number of nitrogens with zero attached hydrogens (tertiary/aromatic N) is 1. The smallest absolute Gasteiger partial charge is 0.418 e. The molecule has 0 saturated carbocycles. The zero-order valence-electron chi connectivity index (χ0n) is 13.9. The Hall–Kier alpha value is -2.75. The number of fused-ring (bicyclic) bond motifs is 1. The maximum absolute atomic E-state index is 12.6. The highest BCUT2D eigenvalue weighted by atomic mass is 16.6. The van der Waals surface area contributed by atoms with E-state index in [0.29, 0.717) is 0 Å². The summed E-state index contributed by atoms with van der Waals surface area (Å²) in [7, 11) is 0. The Kier molecular flexibility index (Phi) is 3.01. The van der Waals surface area contributed by atoms with Crippen molar-refractivity contribution in [3.63, 3.8) is 0 Å². The third kappa shape index (κ3) is 1.96. The minimum Gasteiger partial charge on any atom is -0.459 e. The molecule has 0 aliphatic carbocycles. The van der Waals surface area contributed by atoms with Gasteiger partial charge in [0.15, 0.2) is 5.60 Å². The first-order chi connectivity index (χ1) is 11.4. The molecule has 2 aliphatic rings. The molecule has 4 rings (SSSR count). The van der Waals surface area contributed by atoms with Gasteiger partial charge in [-0.25, -0.2) is 9.69 Å². The number of benzene rings is 2. The van der Waals surface area contributed by atoms with E-state index in [1.54, 1.807) is 4.90 Å². The lowest BCUT2D eigenvalue weighted by Crippen LogP contribution is -2.60. The van der Waals surface area contributed by atoms with Crippen LogP contribution < -0.4 is 9.64 Å². The van der Waals surface area contributed by atoms with Crippen molar-refractivity contribution < 1.29 is 14.3 Å². The summed E-state index contributed by atoms with van der Waals surface area (Å²) >= 11 is 0. The summed E-state index contributed by atoms with van der Waals surface area (Å²) in [6.07, 6.45) is 3.52. The van der Waals surface area contributed by atoms with Crippen molar-refractivity contribution in [2.24, 2.45) is 0 Å². The van der Waals surface area contributed by atoms with Crippen molar-refractivity contribution in [1.29, 1.82) is 0 Å². The normalized spacial score (nSPS) is 23.8. The van der Waals surface area contributed by atoms with E-state index in [-0.39, 0.29) is 0 Å². The predicted molar refractivity (Wildman–Crippen MR) is 93.1 cm³/mol. The average molecular weight is 321 g/mol. The van der Waals surface area contributed by atoms with Gasteiger partial charge < -0.3 is 9.47 Å². The quantitative estimate of drug-likeness (QED) is 0.774. The summed E-state index contributed by atoms with van der Waals surface area (Å²) in [6, 6.07) is 15.5. The topological polar surface area (TPSA) is 38.8 Å². The Labute approximate surface area is 141 Å². The first-order valence-corrected chi connectivity index (χ1v) is 8.00. The number of rotatable bonds is 1. The zero-order chi connectivity index (χ0) is 16.9. The van der Waals surface area contributed by atoms with E-state index in [1.165, 1.54) is 0 Å². The molecule has 0 N–H and O–H groups in total. The predicted octanol–water partition coefficient (Wildman–Crippen LogP) is 4.53. The summed E-state index contributed by atoms with van der Waals surface area (Å²) in [5.74, 6) is 0.746. The van der Waals surface area contributed by atoms with E-state index in [2.05, 4.69) is 6.07 Å². The number of hydrogen-bond donors (Lipinski definition) is 0. The van der Waals surface area contributed by atoms with Crippen LogP contribution in [0.15, 0.2) is 54.6 Å². The molecular formula is C20H19NO3. The fourth-order valence-electron chi connectivity index (χ4n) is 3.36. The number of aryl methyl sites for hydroxylation is 1. The second kappa shape index (κ2) is 4.87. The number of anilines is 1. The molecule has 0 unspecified atom stereocenters. The van der Waals surface area contributed by atoms with Crippen LogP contribution in [0.2, 0.25) is 0 Å². The number of para-hydroxylation sites is 1. The number of hydrogen-bond acceptors (Lipinski definition) is 3. The number of carbonyl (C=O) groups is 1. The van der Waals surface area contributed by atoms with Gasteiger partial charge in [0.05, 0.1) is 5.69 Å². The fraction of sp³-hybridized carbons (Fsp3) is 0.250. The molecule has 0 radical (unpaired) electrons. The van der Waals surface area contributed by atoms with Crippen LogP contribution in [-0.2, 0) is 4.74 Å². The molecule has 2 heterocycles. The minimum absolute atomic E-state index is 0.411. The summed E-state index contributed by atoms with van der Waals surface area (Å²) < 4.78 is 12.0. The van der Waals surface area contributed by atoms with Crippen LogP contribution in [-0.4, -0.2) is 17.4 Å². The van der Waals surface area contributed by atoms with Crippen LogP contribution >= 0.6 is 0 Å². The zero-order valence-corrected chi connectivity index (χ0v) is 13.9. The van der Waals surface area contributed by atoms with Crippen molar-refractivity contribution >= 4 is 17.9 Å². The summed E-state index contributed by atoms with van der Waals surface area (Å²) in [6.45, 7) is 5.79. The van der Waals surface area contributed by atoms with Gasteiger partial charge in [-0.3, -0.25) is 0 Å². The lowest BCUT2D eigenvalue weighted by Gasteiger charge is -2.42. The van der Waals surface area contributed by atoms with Crippen molar-refractivity contribution in [1.82, 2.24) is 0 Å². The second-order valence-electron chi connectivity index (χ2n) is 6.72. The van der Waals surface area contributed by atoms with Crippen molar-refractivity contribution in [3.05, 3.63) is 65.7 Å². The summed E-state index contributed by atoms with van der Waals surface area (Å²) in [4.78, 5) is 14.2. The fourth-order valence-corrected chi connectivity index (χ4v) is 3.36. The number of amides is 1. The summed E-state index contributed by atoms with van der Waals surface area (Å²) in [5.41, 5.74) is 1.06. The van der Waals surface area contributed by atoms with E-state index in [0.717, 1.165) is 22.6 Å². The van der Waals surface area contributed by atoms with Gasteiger partial charge in [0.1, 0.15) is 5.75 Å². The molecule has 122 valence electrons. The van der Waals surface area contributed by atoms with Crippen LogP contribution in [0.4, 0.5) is 10.5 Å². The molecule has 24 heavy (non-hydrogen) atoms. The van der Waals surface area contributed by atoms with Crippen molar-refractivity contribution in [3.8, 4) is 5.75 Å². The first kappa shape index (κ1) is 14.8. The maximum atomic E-state index is 12.6. The molecule has 1 spiro atoms. The third-order valence-electron chi connectivity index (χ3n) is 4.65. The SMILES string of the molecule is Cc1ccc2c(c1)C=C[C@]1(O2)N(c2ccccc2)C(=O)OC1(C)C. The highest BCUT2D eigenvalue weighted by Gasteiger charge is 2.63. The van der Waals surface area contributed by atoms with Gasteiger partial charge in [0, 0.05) is 5.56 Å². The van der Waals surface area contributed by atoms with E-state index >= 15 is 0 Å². The molecular weight excluding hydrogens is 302 g/mol. The maximum Gasteiger partial charge on any atom is 0.418 e. The number of cyclic esters (lactones) is 1. The average Bonchev–Trinajstić information content (AvgIpc) is 2.74. The monoisotopic (exact) mass is 321 g/mol. The molecule has 1 fully saturated rings. The molecule has 1 saturated heterocycles. The van der Waals surface area contributed by atoms with Crippen LogP contribution in [0.3, 0.4) is 0 Å². The lowest BCUT2D eigenvalue weighted by molar-refractivity contribution is -0.0379. The van der Waals surface area contributed by atoms with Crippen molar-refractivity contribution in [2.45, 2.75) is 32.1 Å². The van der Waals surface area contributed by atoms with Gasteiger partial charge in [0.25, 0.3) is 5.72 Å². The molecule has 2 aromatic rings. The number of carbonyl (C=O) groups excluding carboxylic acids is 1. The molecule has 2 aliphatic heterocycles. The third-order valence-corrected chi connectivity index (χ3v) is 4.65. The second-order valence-corrected chi connectivity index (χ2v) is 6.72. The largest absolute Gasteiger partial charge is 0.459 e. The van der Waals surface area contributed by atoms with Crippen LogP contribution in [0.25, 0.3) is 6.08 Å². The molecule has 1 amide bonds. The van der Waals surface area contributed by atoms with Crippen LogP contribution in [0, 0.1) is 6.92 Å². The van der Waals surface area contributed by atoms with E-state index in [9.17, 15) is 4.79 Å². The van der Waals surface area contributed by atoms with Crippen LogP contribution in [0.5, 0.6) is 5.75 Å². The molecule has 4 nitrogen and oxygen atoms in total. The molecule has 2 aromatic carbocycles. The van der Waals surface area contributed by atoms with Gasteiger partial charge in [-0.15, -0.1) is 0 Å². The number of ether oxygens (including phenoxy) is 2. The molecule has 1 atom stereocenters. The lowest BCUT2D eigenvalue weighted by atomic mass is 9.89. The molecule has 0 bridgehead atoms. The van der Waals surface area contributed by atoms with Gasteiger partial charge in [-0.05, 0) is 57.2 Å². The van der Waals surface area contributed by atoms with Gasteiger partial charge in [-0.2, -0.15) is 0 Å². The van der Waals surface area contributed by atoms with Crippen LogP contribution in [0.1, 0.15) is 25.0 Å². The first-order valence-electron chi connectivity index (χ1n) is 8.00. The Morgan fingerprint density at radius 3 is 2.50 bits per heavy atom. The minimum atomic E-state index is -1.02. The molecule has 0 aromatic heterocycles. The molecule has 4 heteroatoms. The highest BCUT2D eigenvalue weighted by molar-refractivity contribution is 5.93.